The fourth-order valence-electron chi connectivity index (χ4n) is 5.02. The van der Waals surface area contributed by atoms with Crippen LogP contribution < -0.4 is 15.1 Å². The maximum atomic E-state index is 15.5. The molecule has 2 aliphatic rings. The highest BCUT2D eigenvalue weighted by molar-refractivity contribution is 5.85. The third kappa shape index (κ3) is 4.94. The van der Waals surface area contributed by atoms with Crippen LogP contribution in [-0.2, 0) is 0 Å². The molecule has 1 saturated heterocycles. The molecule has 36 heavy (non-hydrogen) atoms. The third-order valence-electron chi connectivity index (χ3n) is 7.06. The summed E-state index contributed by atoms with van der Waals surface area (Å²) in [6.45, 7) is 3.91. The van der Waals surface area contributed by atoms with Crippen molar-refractivity contribution < 1.29 is 19.0 Å². The Morgan fingerprint density at radius 2 is 1.92 bits per heavy atom. The molecule has 1 aliphatic heterocycles. The van der Waals surface area contributed by atoms with Crippen LogP contribution in [0.25, 0.3) is 10.9 Å². The molecule has 1 atom stereocenters. The number of pyridine rings is 1. The maximum absolute atomic E-state index is 15.5. The molecule has 1 N–H and O–H groups in total. The summed E-state index contributed by atoms with van der Waals surface area (Å²) >= 11 is 0. The number of carbonyl (C=O) groups is 1. The molecule has 0 amide bonds. The van der Waals surface area contributed by atoms with Crippen LogP contribution in [0.3, 0.4) is 0 Å². The number of hydrogen-bond acceptors (Lipinski definition) is 6. The van der Waals surface area contributed by atoms with Gasteiger partial charge in [-0.3, -0.25) is 9.69 Å². The molecule has 1 aromatic heterocycles. The van der Waals surface area contributed by atoms with Crippen molar-refractivity contribution >= 4 is 22.7 Å². The van der Waals surface area contributed by atoms with Gasteiger partial charge in [0.15, 0.2) is 5.75 Å². The summed E-state index contributed by atoms with van der Waals surface area (Å²) in [4.78, 5) is 30.7. The van der Waals surface area contributed by atoms with Crippen LogP contribution >= 0.6 is 0 Å². The van der Waals surface area contributed by atoms with Crippen LogP contribution in [0.15, 0.2) is 53.5 Å². The van der Waals surface area contributed by atoms with Gasteiger partial charge in [0, 0.05) is 38.8 Å². The lowest BCUT2D eigenvalue weighted by atomic mass is 10.0. The topological polar surface area (TPSA) is 78.2 Å². The second-order valence-electron chi connectivity index (χ2n) is 9.86. The number of hydrogen-bond donors (Lipinski definition) is 1. The van der Waals surface area contributed by atoms with Gasteiger partial charge < -0.3 is 24.2 Å². The number of aromatic nitrogens is 1. The number of anilines is 1. The van der Waals surface area contributed by atoms with E-state index in [4.69, 9.17) is 9.84 Å². The lowest BCUT2D eigenvalue weighted by Gasteiger charge is -2.43. The molecule has 1 aliphatic carbocycles. The van der Waals surface area contributed by atoms with Gasteiger partial charge in [-0.1, -0.05) is 30.3 Å². The predicted molar refractivity (Wildman–Crippen MR) is 137 cm³/mol. The normalized spacial score (nSPS) is 18.7. The highest BCUT2D eigenvalue weighted by Gasteiger charge is 2.31. The Kier molecular flexibility index (Phi) is 6.68. The molecule has 0 bridgehead atoms. The summed E-state index contributed by atoms with van der Waals surface area (Å²) in [5, 5.41) is 9.16. The van der Waals surface area contributed by atoms with Gasteiger partial charge in [-0.2, -0.15) is 0 Å². The van der Waals surface area contributed by atoms with Crippen LogP contribution in [0.4, 0.5) is 14.9 Å². The molecule has 5 rings (SSSR count). The van der Waals surface area contributed by atoms with Crippen molar-refractivity contribution in [2.24, 2.45) is 0 Å². The number of fused-ring (bicyclic) bond motifs is 1. The molecule has 1 saturated carbocycles. The van der Waals surface area contributed by atoms with E-state index in [0.29, 0.717) is 24.3 Å². The molecule has 2 fully saturated rings. The second-order valence-corrected chi connectivity index (χ2v) is 9.86. The minimum atomic E-state index is -1.56. The van der Waals surface area contributed by atoms with E-state index in [1.165, 1.54) is 17.8 Å². The fraction of sp³-hybridized carbons (Fsp3) is 0.407. The molecule has 0 spiro atoms. The number of halogens is 1. The molecule has 9 heteroatoms. The average molecular weight is 495 g/mol. The lowest BCUT2D eigenvalue weighted by molar-refractivity contribution is 0.143. The zero-order valence-electron chi connectivity index (χ0n) is 20.6. The largest absolute Gasteiger partial charge is 0.511 e. The molecular formula is C27H31FN4O4. The van der Waals surface area contributed by atoms with E-state index in [0.717, 1.165) is 32.5 Å². The smallest absolute Gasteiger partial charge is 0.449 e. The van der Waals surface area contributed by atoms with Gasteiger partial charge in [0.2, 0.25) is 5.43 Å². The maximum Gasteiger partial charge on any atom is 0.511 e. The Balaban J connectivity index is 1.52. The highest BCUT2D eigenvalue weighted by Crippen LogP contribution is 2.39. The second kappa shape index (κ2) is 9.91. The standard InChI is InChI=1S/C27H31FN4O4/c1-29(2)10-11-30-12-13-31(16-24(30)18-6-4-3-5-7-18)23-15-22-20(14-21(23)28)26(33)25(36-27(34)35)17-32(22)19-8-9-19/h3-7,14-15,17,19,24H,8-13,16H2,1-2H3,(H,34,35). The number of piperazine rings is 1. The van der Waals surface area contributed by atoms with Crippen LogP contribution in [0.5, 0.6) is 5.75 Å². The van der Waals surface area contributed by atoms with E-state index in [1.54, 1.807) is 6.07 Å². The van der Waals surface area contributed by atoms with Crippen LogP contribution in [-0.4, -0.2) is 72.4 Å². The Morgan fingerprint density at radius 1 is 1.17 bits per heavy atom. The Hall–Kier alpha value is -3.43. The summed E-state index contributed by atoms with van der Waals surface area (Å²) in [6, 6.07) is 13.5. The summed E-state index contributed by atoms with van der Waals surface area (Å²) in [5.74, 6) is -0.796. The van der Waals surface area contributed by atoms with Gasteiger partial charge in [-0.25, -0.2) is 9.18 Å². The van der Waals surface area contributed by atoms with E-state index in [2.05, 4.69) is 40.9 Å². The molecule has 190 valence electrons. The zero-order valence-corrected chi connectivity index (χ0v) is 20.6. The van der Waals surface area contributed by atoms with Crippen molar-refractivity contribution in [3.63, 3.8) is 0 Å². The van der Waals surface area contributed by atoms with Gasteiger partial charge in [-0.05, 0) is 44.6 Å². The van der Waals surface area contributed by atoms with Crippen LogP contribution in [0, 0.1) is 5.82 Å². The van der Waals surface area contributed by atoms with E-state index in [1.807, 2.05) is 22.8 Å². The molecule has 8 nitrogen and oxygen atoms in total. The van der Waals surface area contributed by atoms with Crippen molar-refractivity contribution in [2.75, 3.05) is 51.7 Å². The number of nitrogens with zero attached hydrogens (tertiary/aromatic N) is 4. The third-order valence-corrected chi connectivity index (χ3v) is 7.06. The van der Waals surface area contributed by atoms with Crippen molar-refractivity contribution in [1.29, 1.82) is 0 Å². The van der Waals surface area contributed by atoms with Crippen molar-refractivity contribution in [3.05, 3.63) is 70.3 Å². The van der Waals surface area contributed by atoms with Gasteiger partial charge in [0.25, 0.3) is 0 Å². The monoisotopic (exact) mass is 494 g/mol. The quantitative estimate of drug-likeness (QED) is 0.498. The van der Waals surface area contributed by atoms with Crippen molar-refractivity contribution in [3.8, 4) is 5.75 Å². The summed E-state index contributed by atoms with van der Waals surface area (Å²) in [6.07, 6.45) is 1.71. The first-order valence-corrected chi connectivity index (χ1v) is 12.3. The van der Waals surface area contributed by atoms with Gasteiger partial charge in [0.1, 0.15) is 5.82 Å². The van der Waals surface area contributed by atoms with Crippen molar-refractivity contribution in [1.82, 2.24) is 14.4 Å². The first kappa shape index (κ1) is 24.3. The SMILES string of the molecule is CN(C)CCN1CCN(c2cc3c(cc2F)c(=O)c(OC(=O)O)cn3C2CC2)CC1c1ccccc1. The number of carboxylic acid groups (broad SMARTS) is 1. The Labute approximate surface area is 209 Å². The van der Waals surface area contributed by atoms with Gasteiger partial charge in [0.05, 0.1) is 28.8 Å². The first-order valence-electron chi connectivity index (χ1n) is 12.3. The Bertz CT molecular complexity index is 1320. The summed E-state index contributed by atoms with van der Waals surface area (Å²) in [7, 11) is 4.12. The van der Waals surface area contributed by atoms with Gasteiger partial charge in [-0.15, -0.1) is 0 Å². The van der Waals surface area contributed by atoms with E-state index in [-0.39, 0.29) is 23.2 Å². The fourth-order valence-corrected chi connectivity index (χ4v) is 5.02. The first-order chi connectivity index (χ1) is 17.3. The van der Waals surface area contributed by atoms with Crippen LogP contribution in [0.1, 0.15) is 30.5 Å². The number of rotatable bonds is 7. The average Bonchev–Trinajstić information content (AvgIpc) is 3.70. The van der Waals surface area contributed by atoms with Gasteiger partial charge >= 0.3 is 6.16 Å². The number of ether oxygens (including phenoxy) is 1. The number of benzene rings is 2. The highest BCUT2D eigenvalue weighted by atomic mass is 19.1. The van der Waals surface area contributed by atoms with E-state index < -0.39 is 17.4 Å². The molecule has 1 unspecified atom stereocenters. The lowest BCUT2D eigenvalue weighted by Crippen LogP contribution is -2.50. The van der Waals surface area contributed by atoms with E-state index >= 15 is 4.39 Å². The summed E-state index contributed by atoms with van der Waals surface area (Å²) < 4.78 is 22.1. The predicted octanol–water partition coefficient (Wildman–Crippen LogP) is 3.96. The molecule has 0 radical (unpaired) electrons. The van der Waals surface area contributed by atoms with Crippen molar-refractivity contribution in [2.45, 2.75) is 24.9 Å². The minimum absolute atomic E-state index is 0.104. The molecule has 2 aromatic carbocycles. The molecular weight excluding hydrogens is 463 g/mol. The zero-order chi connectivity index (χ0) is 25.4. The van der Waals surface area contributed by atoms with E-state index in [9.17, 15) is 9.59 Å². The molecule has 3 aromatic rings. The molecule has 2 heterocycles. The minimum Gasteiger partial charge on any atom is -0.449 e. The number of likely N-dealkylation sites (N-methyl/N-ethyl adjacent to an activating group) is 1. The van der Waals surface area contributed by atoms with Crippen LogP contribution in [0.2, 0.25) is 0 Å². The Morgan fingerprint density at radius 3 is 2.58 bits per heavy atom. The summed E-state index contributed by atoms with van der Waals surface area (Å²) in [5.41, 5.74) is 1.62.